The molecule has 2 aromatic carbocycles. The summed E-state index contributed by atoms with van der Waals surface area (Å²) >= 11 is 0. The van der Waals surface area contributed by atoms with Gasteiger partial charge in [-0.25, -0.2) is 13.8 Å². The lowest BCUT2D eigenvalue weighted by Crippen LogP contribution is -2.15. The highest BCUT2D eigenvalue weighted by Crippen LogP contribution is 2.40. The van der Waals surface area contributed by atoms with E-state index in [-0.39, 0.29) is 5.56 Å². The van der Waals surface area contributed by atoms with Gasteiger partial charge in [-0.05, 0) is 37.1 Å². The molecule has 0 aliphatic heterocycles. The van der Waals surface area contributed by atoms with Crippen molar-refractivity contribution in [2.45, 2.75) is 18.8 Å². The van der Waals surface area contributed by atoms with Crippen molar-refractivity contribution in [1.82, 2.24) is 9.97 Å². The number of carbonyl (C=O) groups excluding carboxylic acids is 1. The third kappa shape index (κ3) is 2.71. The number of aromatic amines is 1. The van der Waals surface area contributed by atoms with Gasteiger partial charge in [0.25, 0.3) is 5.91 Å². The maximum absolute atomic E-state index is 13.8. The highest BCUT2D eigenvalue weighted by atomic mass is 19.1. The molecule has 1 heterocycles. The fraction of sp³-hybridized carbons (Fsp3) is 0.222. The number of hydrogen-bond donors (Lipinski definition) is 2. The second kappa shape index (κ2) is 5.84. The molecule has 3 aromatic rings. The van der Waals surface area contributed by atoms with Crippen molar-refractivity contribution >= 4 is 22.6 Å². The number of aromatic nitrogens is 2. The minimum absolute atomic E-state index is 0.224. The first-order valence-electron chi connectivity index (χ1n) is 7.90. The Labute approximate surface area is 142 Å². The molecule has 4 rings (SSSR count). The number of methoxy groups -OCH3 is 1. The van der Waals surface area contributed by atoms with E-state index in [1.165, 1.54) is 19.2 Å². The molecule has 1 saturated carbocycles. The van der Waals surface area contributed by atoms with Gasteiger partial charge in [0.15, 0.2) is 0 Å². The third-order valence-corrected chi connectivity index (χ3v) is 4.25. The molecule has 0 unspecified atom stereocenters. The van der Waals surface area contributed by atoms with Gasteiger partial charge in [-0.15, -0.1) is 0 Å². The molecule has 0 bridgehead atoms. The Hall–Kier alpha value is -2.96. The number of carbonyl (C=O) groups is 1. The molecule has 1 fully saturated rings. The summed E-state index contributed by atoms with van der Waals surface area (Å²) in [5.41, 5.74) is 0.776. The predicted octanol–water partition coefficient (Wildman–Crippen LogP) is 3.98. The van der Waals surface area contributed by atoms with Gasteiger partial charge in [0, 0.05) is 5.92 Å². The van der Waals surface area contributed by atoms with Gasteiger partial charge in [-0.2, -0.15) is 0 Å². The van der Waals surface area contributed by atoms with Gasteiger partial charge < -0.3 is 15.0 Å². The summed E-state index contributed by atoms with van der Waals surface area (Å²) in [6.07, 6.45) is 2.09. The summed E-state index contributed by atoms with van der Waals surface area (Å²) in [4.78, 5) is 20.3. The SMILES string of the molecule is COc1ccc(C(=O)Nc2c(F)cccc2F)c2nc(C3CC3)[nH]c12. The van der Waals surface area contributed by atoms with Crippen LogP contribution in [0.25, 0.3) is 11.0 Å². The lowest BCUT2D eigenvalue weighted by molar-refractivity contribution is 0.102. The Morgan fingerprint density at radius 1 is 1.24 bits per heavy atom. The Morgan fingerprint density at radius 2 is 1.96 bits per heavy atom. The minimum Gasteiger partial charge on any atom is -0.494 e. The number of nitrogens with zero attached hydrogens (tertiary/aromatic N) is 1. The van der Waals surface area contributed by atoms with Crippen LogP contribution in [0.3, 0.4) is 0 Å². The number of anilines is 1. The van der Waals surface area contributed by atoms with Gasteiger partial charge >= 0.3 is 0 Å². The predicted molar refractivity (Wildman–Crippen MR) is 88.9 cm³/mol. The van der Waals surface area contributed by atoms with E-state index in [0.717, 1.165) is 30.8 Å². The van der Waals surface area contributed by atoms with E-state index in [1.54, 1.807) is 6.07 Å². The number of amides is 1. The molecule has 25 heavy (non-hydrogen) atoms. The average molecular weight is 343 g/mol. The summed E-state index contributed by atoms with van der Waals surface area (Å²) in [5.74, 6) is -0.589. The van der Waals surface area contributed by atoms with Gasteiger partial charge in [0.1, 0.15) is 39.9 Å². The molecule has 2 N–H and O–H groups in total. The minimum atomic E-state index is -0.834. The lowest BCUT2D eigenvalue weighted by Gasteiger charge is -2.09. The van der Waals surface area contributed by atoms with Crippen molar-refractivity contribution in [3.05, 3.63) is 53.4 Å². The van der Waals surface area contributed by atoms with Gasteiger partial charge in [0.05, 0.1) is 12.7 Å². The van der Waals surface area contributed by atoms with Crippen molar-refractivity contribution in [2.75, 3.05) is 12.4 Å². The summed E-state index contributed by atoms with van der Waals surface area (Å²) in [7, 11) is 1.53. The first kappa shape index (κ1) is 15.6. The molecule has 0 saturated heterocycles. The van der Waals surface area contributed by atoms with Gasteiger partial charge in [-0.3, -0.25) is 4.79 Å². The molecule has 0 spiro atoms. The fourth-order valence-corrected chi connectivity index (χ4v) is 2.79. The summed E-state index contributed by atoms with van der Waals surface area (Å²) in [5, 5.41) is 2.29. The standard InChI is InChI=1S/C18H15F2N3O2/c1-25-13-8-7-10(14-16(13)22-17(21-14)9-5-6-9)18(24)23-15-11(19)3-2-4-12(15)20/h2-4,7-9H,5-6H2,1H3,(H,21,22)(H,23,24). The zero-order chi connectivity index (χ0) is 17.6. The van der Waals surface area contributed by atoms with Crippen LogP contribution in [-0.2, 0) is 0 Å². The topological polar surface area (TPSA) is 67.0 Å². The average Bonchev–Trinajstić information content (AvgIpc) is 3.35. The fourth-order valence-electron chi connectivity index (χ4n) is 2.79. The van der Waals surface area contributed by atoms with E-state index in [1.807, 2.05) is 0 Å². The first-order valence-corrected chi connectivity index (χ1v) is 7.90. The van der Waals surface area contributed by atoms with E-state index < -0.39 is 23.2 Å². The van der Waals surface area contributed by atoms with Crippen LogP contribution < -0.4 is 10.1 Å². The quantitative estimate of drug-likeness (QED) is 0.753. The molecule has 5 nitrogen and oxygen atoms in total. The maximum Gasteiger partial charge on any atom is 0.258 e. The van der Waals surface area contributed by atoms with Gasteiger partial charge in [0.2, 0.25) is 0 Å². The number of halogens is 2. The van der Waals surface area contributed by atoms with E-state index in [4.69, 9.17) is 4.74 Å². The summed E-state index contributed by atoms with van der Waals surface area (Å²) in [6.45, 7) is 0. The zero-order valence-corrected chi connectivity index (χ0v) is 13.4. The number of fused-ring (bicyclic) bond motifs is 1. The van der Waals surface area contributed by atoms with Crippen LogP contribution in [0.1, 0.15) is 34.9 Å². The smallest absolute Gasteiger partial charge is 0.258 e. The van der Waals surface area contributed by atoms with Crippen LogP contribution in [0.4, 0.5) is 14.5 Å². The summed E-state index contributed by atoms with van der Waals surface area (Å²) < 4.78 is 32.9. The van der Waals surface area contributed by atoms with Gasteiger partial charge in [-0.1, -0.05) is 6.07 Å². The highest BCUT2D eigenvalue weighted by molar-refractivity contribution is 6.12. The molecule has 1 aliphatic carbocycles. The molecule has 7 heteroatoms. The molecule has 0 atom stereocenters. The van der Waals surface area contributed by atoms with Crippen molar-refractivity contribution in [3.63, 3.8) is 0 Å². The van der Waals surface area contributed by atoms with E-state index in [2.05, 4.69) is 15.3 Å². The highest BCUT2D eigenvalue weighted by Gasteiger charge is 2.28. The molecular weight excluding hydrogens is 328 g/mol. The zero-order valence-electron chi connectivity index (χ0n) is 13.4. The van der Waals surface area contributed by atoms with Crippen LogP contribution in [0, 0.1) is 11.6 Å². The van der Waals surface area contributed by atoms with Crippen molar-refractivity contribution in [1.29, 1.82) is 0 Å². The number of ether oxygens (including phenoxy) is 1. The molecule has 0 radical (unpaired) electrons. The Kier molecular flexibility index (Phi) is 3.63. The van der Waals surface area contributed by atoms with Crippen molar-refractivity contribution in [2.24, 2.45) is 0 Å². The van der Waals surface area contributed by atoms with Crippen LogP contribution >= 0.6 is 0 Å². The monoisotopic (exact) mass is 343 g/mol. The van der Waals surface area contributed by atoms with Crippen LogP contribution in [0.2, 0.25) is 0 Å². The molecule has 1 amide bonds. The number of nitrogens with one attached hydrogen (secondary N) is 2. The first-order chi connectivity index (χ1) is 12.1. The molecule has 1 aliphatic rings. The number of rotatable bonds is 4. The van der Waals surface area contributed by atoms with Crippen LogP contribution in [0.5, 0.6) is 5.75 Å². The molecular formula is C18H15F2N3O2. The Bertz CT molecular complexity index is 960. The van der Waals surface area contributed by atoms with Crippen molar-refractivity contribution in [3.8, 4) is 5.75 Å². The lowest BCUT2D eigenvalue weighted by atomic mass is 10.1. The van der Waals surface area contributed by atoms with E-state index >= 15 is 0 Å². The number of hydrogen-bond acceptors (Lipinski definition) is 3. The molecule has 1 aromatic heterocycles. The van der Waals surface area contributed by atoms with Crippen LogP contribution in [0.15, 0.2) is 30.3 Å². The molecule has 128 valence electrons. The summed E-state index contributed by atoms with van der Waals surface area (Å²) in [6, 6.07) is 6.57. The van der Waals surface area contributed by atoms with E-state index in [0.29, 0.717) is 22.7 Å². The second-order valence-corrected chi connectivity index (χ2v) is 5.99. The maximum atomic E-state index is 13.8. The number of H-pyrrole nitrogens is 1. The largest absolute Gasteiger partial charge is 0.494 e. The number of benzene rings is 2. The Balaban J connectivity index is 1.76. The number of para-hydroxylation sites is 1. The second-order valence-electron chi connectivity index (χ2n) is 5.99. The number of imidazole rings is 1. The normalized spacial score (nSPS) is 13.9. The van der Waals surface area contributed by atoms with E-state index in [9.17, 15) is 13.6 Å². The third-order valence-electron chi connectivity index (χ3n) is 4.25. The van der Waals surface area contributed by atoms with Crippen molar-refractivity contribution < 1.29 is 18.3 Å². The van der Waals surface area contributed by atoms with Crippen LogP contribution in [-0.4, -0.2) is 23.0 Å². The Morgan fingerprint density at radius 3 is 2.60 bits per heavy atom.